The van der Waals surface area contributed by atoms with Crippen molar-refractivity contribution in [1.29, 1.82) is 0 Å². The monoisotopic (exact) mass is 237 g/mol. The van der Waals surface area contributed by atoms with E-state index in [9.17, 15) is 18.0 Å². The summed E-state index contributed by atoms with van der Waals surface area (Å²) in [6.45, 7) is 0. The van der Waals surface area contributed by atoms with Crippen LogP contribution in [0.25, 0.3) is 6.08 Å². The lowest BCUT2D eigenvalue weighted by Gasteiger charge is -2.04. The number of hydrogen-bond donors (Lipinski definition) is 2. The maximum atomic E-state index is 12.3. The van der Waals surface area contributed by atoms with E-state index in [-0.39, 0.29) is 5.56 Å². The molecule has 0 aliphatic carbocycles. The first-order valence-electron chi connectivity index (χ1n) is 3.67. The Hall–Kier alpha value is -1.50. The quantitative estimate of drug-likeness (QED) is 0.774. The summed E-state index contributed by atoms with van der Waals surface area (Å²) >= 11 is 0.492. The molecule has 7 heteroatoms. The first-order valence-corrected chi connectivity index (χ1v) is 4.55. The summed E-state index contributed by atoms with van der Waals surface area (Å²) in [4.78, 5) is 9.46. The Morgan fingerprint density at radius 2 is 2.13 bits per heavy atom. The molecule has 1 heterocycles. The van der Waals surface area contributed by atoms with E-state index in [1.807, 2.05) is 0 Å². The minimum absolute atomic E-state index is 0.229. The minimum atomic E-state index is -4.49. The average molecular weight is 237 g/mol. The van der Waals surface area contributed by atoms with Crippen LogP contribution in [0.5, 0.6) is 0 Å². The van der Waals surface area contributed by atoms with Crippen molar-refractivity contribution in [2.45, 2.75) is 6.18 Å². The molecule has 0 bridgehead atoms. The second kappa shape index (κ2) is 3.93. The van der Waals surface area contributed by atoms with Crippen molar-refractivity contribution in [2.75, 3.05) is 0 Å². The van der Waals surface area contributed by atoms with Gasteiger partial charge in [0.1, 0.15) is 10.6 Å². The molecule has 0 saturated carbocycles. The van der Waals surface area contributed by atoms with Gasteiger partial charge < -0.3 is 10.8 Å². The van der Waals surface area contributed by atoms with Gasteiger partial charge in [-0.1, -0.05) is 0 Å². The van der Waals surface area contributed by atoms with E-state index < -0.39 is 22.7 Å². The fourth-order valence-electron chi connectivity index (χ4n) is 0.893. The predicted molar refractivity (Wildman–Crippen MR) is 49.1 cm³/mol. The number of rotatable bonds is 2. The van der Waals surface area contributed by atoms with Gasteiger partial charge in [0.2, 0.25) is 0 Å². The molecule has 0 aliphatic heterocycles. The molecule has 0 fully saturated rings. The van der Waals surface area contributed by atoms with E-state index >= 15 is 0 Å². The fourth-order valence-corrected chi connectivity index (χ4v) is 1.64. The summed E-state index contributed by atoms with van der Waals surface area (Å²) < 4.78 is 37.0. The Kier molecular flexibility index (Phi) is 3.04. The zero-order valence-corrected chi connectivity index (χ0v) is 8.02. The number of hydrogen-bond acceptors (Lipinski definition) is 3. The van der Waals surface area contributed by atoms with Crippen LogP contribution in [-0.4, -0.2) is 11.1 Å². The first-order chi connectivity index (χ1) is 6.82. The number of halogens is 3. The second-order valence-electron chi connectivity index (χ2n) is 2.61. The number of aliphatic carboxylic acids is 1. The van der Waals surface area contributed by atoms with Crippen LogP contribution in [0.15, 0.2) is 17.1 Å². The third-order valence-corrected chi connectivity index (χ3v) is 2.49. The second-order valence-corrected chi connectivity index (χ2v) is 3.52. The van der Waals surface area contributed by atoms with Crippen LogP contribution in [0.4, 0.5) is 13.2 Å². The van der Waals surface area contributed by atoms with Crippen molar-refractivity contribution < 1.29 is 23.1 Å². The van der Waals surface area contributed by atoms with Gasteiger partial charge in [0.15, 0.2) is 0 Å². The van der Waals surface area contributed by atoms with Crippen molar-refractivity contribution in [1.82, 2.24) is 0 Å². The van der Waals surface area contributed by atoms with E-state index in [0.717, 1.165) is 6.08 Å². The highest BCUT2D eigenvalue weighted by Crippen LogP contribution is 2.36. The molecule has 82 valence electrons. The summed E-state index contributed by atoms with van der Waals surface area (Å²) in [5, 5.41) is 9.63. The summed E-state index contributed by atoms with van der Waals surface area (Å²) in [6, 6.07) is 1.17. The highest BCUT2D eigenvalue weighted by Gasteiger charge is 2.34. The van der Waals surface area contributed by atoms with E-state index in [0.29, 0.717) is 11.3 Å². The Morgan fingerprint density at radius 1 is 1.53 bits per heavy atom. The minimum Gasteiger partial charge on any atom is -0.477 e. The number of alkyl halides is 3. The highest BCUT2D eigenvalue weighted by atomic mass is 32.1. The van der Waals surface area contributed by atoms with Crippen LogP contribution in [0, 0.1) is 0 Å². The van der Waals surface area contributed by atoms with E-state index in [2.05, 4.69) is 0 Å². The number of carbonyl (C=O) groups is 1. The van der Waals surface area contributed by atoms with Crippen LogP contribution in [0.1, 0.15) is 10.4 Å². The van der Waals surface area contributed by atoms with Gasteiger partial charge in [-0.05, 0) is 23.1 Å². The fraction of sp³-hybridized carbons (Fsp3) is 0.125. The maximum absolute atomic E-state index is 12.3. The molecule has 0 aliphatic rings. The summed E-state index contributed by atoms with van der Waals surface area (Å²) in [7, 11) is 0. The lowest BCUT2D eigenvalue weighted by Crippen LogP contribution is -2.10. The Morgan fingerprint density at radius 3 is 2.60 bits per heavy atom. The van der Waals surface area contributed by atoms with Gasteiger partial charge in [-0.2, -0.15) is 13.2 Å². The molecule has 0 amide bonds. The highest BCUT2D eigenvalue weighted by molar-refractivity contribution is 7.10. The molecule has 15 heavy (non-hydrogen) atoms. The molecule has 1 aromatic heterocycles. The first kappa shape index (κ1) is 11.6. The van der Waals surface area contributed by atoms with Gasteiger partial charge in [0, 0.05) is 0 Å². The maximum Gasteiger partial charge on any atom is 0.426 e. The molecular weight excluding hydrogens is 231 g/mol. The largest absolute Gasteiger partial charge is 0.477 e. The van der Waals surface area contributed by atoms with E-state index in [4.69, 9.17) is 10.8 Å². The molecule has 0 spiro atoms. The normalized spacial score (nSPS) is 12.9. The summed E-state index contributed by atoms with van der Waals surface area (Å²) in [5.74, 6) is -1.45. The van der Waals surface area contributed by atoms with Crippen molar-refractivity contribution in [3.05, 3.63) is 27.6 Å². The molecule has 3 nitrogen and oxygen atoms in total. The van der Waals surface area contributed by atoms with Crippen LogP contribution in [-0.2, 0) is 11.0 Å². The summed E-state index contributed by atoms with van der Waals surface area (Å²) in [5.41, 5.74) is 4.16. The van der Waals surface area contributed by atoms with Crippen molar-refractivity contribution in [2.24, 2.45) is 5.73 Å². The van der Waals surface area contributed by atoms with Crippen LogP contribution < -0.4 is 5.73 Å². The molecular formula is C8H6F3NO2S. The third-order valence-electron chi connectivity index (χ3n) is 1.51. The number of carboxylic acid groups (broad SMARTS) is 1. The van der Waals surface area contributed by atoms with Crippen molar-refractivity contribution >= 4 is 23.4 Å². The number of nitrogens with two attached hydrogens (primary N) is 1. The van der Waals surface area contributed by atoms with E-state index in [1.54, 1.807) is 0 Å². The van der Waals surface area contributed by atoms with Crippen molar-refractivity contribution in [3.8, 4) is 0 Å². The lowest BCUT2D eigenvalue weighted by atomic mass is 10.2. The van der Waals surface area contributed by atoms with Gasteiger partial charge in [0.25, 0.3) is 0 Å². The predicted octanol–water partition coefficient (Wildman–Crippen LogP) is 2.15. The van der Waals surface area contributed by atoms with Gasteiger partial charge >= 0.3 is 12.1 Å². The standard InChI is InChI=1S/C8H6F3NO2S/c9-8(10,11)6-4(1-2-15-6)3-5(12)7(13)14/h1-3H,12H2,(H,13,14)/b5-3+. The Bertz CT molecular complexity index is 408. The number of thiophene rings is 1. The zero-order valence-electron chi connectivity index (χ0n) is 7.21. The summed E-state index contributed by atoms with van der Waals surface area (Å²) in [6.07, 6.45) is -3.69. The van der Waals surface area contributed by atoms with Crippen LogP contribution >= 0.6 is 11.3 Å². The lowest BCUT2D eigenvalue weighted by molar-refractivity contribution is -0.135. The Balaban J connectivity index is 3.12. The Labute approximate surface area is 86.6 Å². The molecule has 0 radical (unpaired) electrons. The topological polar surface area (TPSA) is 63.3 Å². The van der Waals surface area contributed by atoms with Gasteiger partial charge in [0.05, 0.1) is 0 Å². The molecule has 1 rings (SSSR count). The molecule has 3 N–H and O–H groups in total. The van der Waals surface area contributed by atoms with Crippen molar-refractivity contribution in [3.63, 3.8) is 0 Å². The molecule has 0 atom stereocenters. The average Bonchev–Trinajstić information content (AvgIpc) is 2.50. The van der Waals surface area contributed by atoms with Gasteiger partial charge in [-0.15, -0.1) is 11.3 Å². The van der Waals surface area contributed by atoms with Crippen LogP contribution in [0.3, 0.4) is 0 Å². The zero-order chi connectivity index (χ0) is 11.6. The van der Waals surface area contributed by atoms with Gasteiger partial charge in [-0.3, -0.25) is 0 Å². The molecule has 0 aromatic carbocycles. The van der Waals surface area contributed by atoms with Crippen LogP contribution in [0.2, 0.25) is 0 Å². The van der Waals surface area contributed by atoms with E-state index in [1.165, 1.54) is 11.4 Å². The molecule has 0 saturated heterocycles. The smallest absolute Gasteiger partial charge is 0.426 e. The third kappa shape index (κ3) is 2.72. The van der Waals surface area contributed by atoms with Gasteiger partial charge in [-0.25, -0.2) is 4.79 Å². The molecule has 1 aromatic rings. The molecule has 0 unspecified atom stereocenters. The number of carboxylic acids is 1. The SMILES string of the molecule is N/C(=C/c1ccsc1C(F)(F)F)C(=O)O.